The molecule has 2 bridgehead atoms. The maximum absolute atomic E-state index is 12.9. The number of ether oxygens (including phenoxy) is 2. The van der Waals surface area contributed by atoms with Crippen LogP contribution in [0.3, 0.4) is 0 Å². The van der Waals surface area contributed by atoms with Crippen LogP contribution in [0.15, 0.2) is 0 Å². The summed E-state index contributed by atoms with van der Waals surface area (Å²) >= 11 is 0. The summed E-state index contributed by atoms with van der Waals surface area (Å²) in [4.78, 5) is 28.0. The van der Waals surface area contributed by atoms with Crippen LogP contribution in [-0.4, -0.2) is 59.4 Å². The fourth-order valence-electron chi connectivity index (χ4n) is 5.52. The minimum Gasteiger partial charge on any atom is -0.465 e. The molecule has 1 N–H and O–H groups in total. The molecule has 3 aliphatic heterocycles. The van der Waals surface area contributed by atoms with Crippen LogP contribution >= 0.6 is 0 Å². The first-order valence-electron chi connectivity index (χ1n) is 9.13. The van der Waals surface area contributed by atoms with E-state index < -0.39 is 22.9 Å². The van der Waals surface area contributed by atoms with Gasteiger partial charge in [-0.3, -0.25) is 9.69 Å². The minimum atomic E-state index is -1.61. The number of hydrogen-bond donors (Lipinski definition) is 1. The lowest BCUT2D eigenvalue weighted by atomic mass is 9.73. The first-order valence-corrected chi connectivity index (χ1v) is 9.13. The van der Waals surface area contributed by atoms with E-state index in [-0.39, 0.29) is 36.4 Å². The van der Waals surface area contributed by atoms with E-state index in [0.29, 0.717) is 6.61 Å². The molecule has 3 saturated heterocycles. The van der Waals surface area contributed by atoms with E-state index in [2.05, 4.69) is 4.90 Å². The van der Waals surface area contributed by atoms with Gasteiger partial charge in [-0.15, -0.1) is 0 Å². The number of aliphatic hydroxyl groups is 1. The monoisotopic (exact) mass is 337 g/mol. The molecule has 7 atom stereocenters. The van der Waals surface area contributed by atoms with Gasteiger partial charge in [0.25, 0.3) is 0 Å². The molecule has 0 amide bonds. The van der Waals surface area contributed by atoms with Gasteiger partial charge < -0.3 is 14.6 Å². The lowest BCUT2D eigenvalue weighted by Gasteiger charge is -2.34. The van der Waals surface area contributed by atoms with Crippen molar-refractivity contribution in [1.82, 2.24) is 4.90 Å². The molecule has 0 radical (unpaired) electrons. The highest BCUT2D eigenvalue weighted by molar-refractivity contribution is 5.85. The van der Waals surface area contributed by atoms with Crippen molar-refractivity contribution >= 4 is 11.9 Å². The van der Waals surface area contributed by atoms with Crippen LogP contribution in [0.4, 0.5) is 0 Å². The fourth-order valence-corrected chi connectivity index (χ4v) is 5.52. The van der Waals surface area contributed by atoms with Crippen LogP contribution in [0.25, 0.3) is 0 Å². The Balaban J connectivity index is 1.73. The zero-order chi connectivity index (χ0) is 17.3. The number of esters is 2. The number of nitrogens with zero attached hydrogens (tertiary/aromatic N) is 1. The van der Waals surface area contributed by atoms with Gasteiger partial charge in [-0.1, -0.05) is 13.8 Å². The lowest BCUT2D eigenvalue weighted by molar-refractivity contribution is -0.178. The number of carbonyl (C=O) groups is 2. The SMILES string of the molecule is C[C@H]1CC2(O)C(=O)OC3CCN4CCC(COC(=O)[C@]1(C)[C@H]2C)[C@H]34. The number of fused-ring (bicyclic) bond motifs is 2. The van der Waals surface area contributed by atoms with Gasteiger partial charge >= 0.3 is 11.9 Å². The van der Waals surface area contributed by atoms with Crippen molar-refractivity contribution in [1.29, 1.82) is 0 Å². The molecule has 0 aromatic heterocycles. The maximum Gasteiger partial charge on any atom is 0.338 e. The van der Waals surface area contributed by atoms with Crippen molar-refractivity contribution in [2.24, 2.45) is 23.2 Å². The standard InChI is InChI=1S/C18H27NO5/c1-10-8-18(22)11(2)17(10,3)15(20)23-9-12-4-6-19-7-5-13(14(12)19)24-16(18)21/h10-14,22H,4-9H2,1-3H3/t10-,11+,12?,13?,14+,17-,18?/m0/s1. The molecule has 4 aliphatic rings. The zero-order valence-electron chi connectivity index (χ0n) is 14.7. The Morgan fingerprint density at radius 3 is 2.62 bits per heavy atom. The fraction of sp³-hybridized carbons (Fsp3) is 0.889. The summed E-state index contributed by atoms with van der Waals surface area (Å²) in [7, 11) is 0. The summed E-state index contributed by atoms with van der Waals surface area (Å²) in [5, 5.41) is 11.1. The summed E-state index contributed by atoms with van der Waals surface area (Å²) < 4.78 is 11.5. The Kier molecular flexibility index (Phi) is 3.52. The summed E-state index contributed by atoms with van der Waals surface area (Å²) in [6.07, 6.45) is 1.78. The molecule has 1 saturated carbocycles. The second-order valence-electron chi connectivity index (χ2n) is 8.44. The third-order valence-corrected chi connectivity index (χ3v) is 7.51. The summed E-state index contributed by atoms with van der Waals surface area (Å²) in [6, 6.07) is 0.113. The summed E-state index contributed by atoms with van der Waals surface area (Å²) in [5.41, 5.74) is -2.48. The quantitative estimate of drug-likeness (QED) is 0.664. The Morgan fingerprint density at radius 1 is 1.17 bits per heavy atom. The predicted octanol–water partition coefficient (Wildman–Crippen LogP) is 0.962. The maximum atomic E-state index is 12.9. The molecule has 0 aromatic rings. The average Bonchev–Trinajstić information content (AvgIpc) is 3.16. The van der Waals surface area contributed by atoms with Crippen LogP contribution in [-0.2, 0) is 19.1 Å². The average molecular weight is 337 g/mol. The number of rotatable bonds is 0. The van der Waals surface area contributed by atoms with Crippen LogP contribution in [0, 0.1) is 23.2 Å². The summed E-state index contributed by atoms with van der Waals surface area (Å²) in [6.45, 7) is 7.72. The molecular weight excluding hydrogens is 310 g/mol. The number of hydrogen-bond acceptors (Lipinski definition) is 6. The second-order valence-corrected chi connectivity index (χ2v) is 8.44. The number of cyclic esters (lactones) is 1. The molecule has 3 heterocycles. The van der Waals surface area contributed by atoms with Crippen molar-refractivity contribution in [2.75, 3.05) is 19.7 Å². The van der Waals surface area contributed by atoms with Crippen molar-refractivity contribution in [3.05, 3.63) is 0 Å². The van der Waals surface area contributed by atoms with Crippen LogP contribution < -0.4 is 0 Å². The van der Waals surface area contributed by atoms with E-state index in [0.717, 1.165) is 25.9 Å². The van der Waals surface area contributed by atoms with E-state index >= 15 is 0 Å². The molecule has 4 rings (SSSR count). The molecule has 24 heavy (non-hydrogen) atoms. The van der Waals surface area contributed by atoms with Gasteiger partial charge in [0.1, 0.15) is 6.10 Å². The third kappa shape index (κ3) is 1.96. The summed E-state index contributed by atoms with van der Waals surface area (Å²) in [5.74, 6) is -1.32. The highest BCUT2D eigenvalue weighted by Crippen LogP contribution is 2.54. The normalized spacial score (nSPS) is 51.8. The molecule has 6 heteroatoms. The smallest absolute Gasteiger partial charge is 0.338 e. The van der Waals surface area contributed by atoms with E-state index in [1.807, 2.05) is 13.8 Å². The van der Waals surface area contributed by atoms with Gasteiger partial charge in [0, 0.05) is 18.4 Å². The van der Waals surface area contributed by atoms with Crippen molar-refractivity contribution in [3.63, 3.8) is 0 Å². The van der Waals surface area contributed by atoms with Crippen molar-refractivity contribution in [3.8, 4) is 0 Å². The molecule has 134 valence electrons. The van der Waals surface area contributed by atoms with Gasteiger partial charge in [0.2, 0.25) is 0 Å². The highest BCUT2D eigenvalue weighted by atomic mass is 16.6. The molecule has 6 nitrogen and oxygen atoms in total. The van der Waals surface area contributed by atoms with Gasteiger partial charge in [-0.2, -0.15) is 0 Å². The topological polar surface area (TPSA) is 76.1 Å². The molecule has 3 unspecified atom stereocenters. The minimum absolute atomic E-state index is 0.113. The molecular formula is C18H27NO5. The largest absolute Gasteiger partial charge is 0.465 e. The first-order chi connectivity index (χ1) is 11.3. The van der Waals surface area contributed by atoms with E-state index in [1.165, 1.54) is 0 Å². The van der Waals surface area contributed by atoms with E-state index in [4.69, 9.17) is 9.47 Å². The Bertz CT molecular complexity index is 580. The predicted molar refractivity (Wildman–Crippen MR) is 84.9 cm³/mol. The molecule has 1 aliphatic carbocycles. The van der Waals surface area contributed by atoms with Crippen LogP contribution in [0.2, 0.25) is 0 Å². The highest BCUT2D eigenvalue weighted by Gasteiger charge is 2.65. The lowest BCUT2D eigenvalue weighted by Crippen LogP contribution is -2.49. The zero-order valence-corrected chi connectivity index (χ0v) is 14.7. The van der Waals surface area contributed by atoms with Gasteiger partial charge in [-0.05, 0) is 38.6 Å². The van der Waals surface area contributed by atoms with Crippen molar-refractivity contribution < 1.29 is 24.2 Å². The Morgan fingerprint density at radius 2 is 1.88 bits per heavy atom. The molecule has 0 aromatic carbocycles. The van der Waals surface area contributed by atoms with E-state index in [9.17, 15) is 14.7 Å². The van der Waals surface area contributed by atoms with Crippen molar-refractivity contribution in [2.45, 2.75) is 57.8 Å². The van der Waals surface area contributed by atoms with E-state index in [1.54, 1.807) is 6.92 Å². The second kappa shape index (κ2) is 5.18. The molecule has 4 fully saturated rings. The Hall–Kier alpha value is -1.14. The van der Waals surface area contributed by atoms with Crippen LogP contribution in [0.5, 0.6) is 0 Å². The molecule has 0 spiro atoms. The first kappa shape index (κ1) is 16.3. The third-order valence-electron chi connectivity index (χ3n) is 7.51. The van der Waals surface area contributed by atoms with Gasteiger partial charge in [0.05, 0.1) is 18.1 Å². The number of carbonyl (C=O) groups excluding carboxylic acids is 2. The van der Waals surface area contributed by atoms with Gasteiger partial charge in [0.15, 0.2) is 5.60 Å². The Labute approximate surface area is 142 Å². The van der Waals surface area contributed by atoms with Gasteiger partial charge in [-0.25, -0.2) is 4.79 Å². The van der Waals surface area contributed by atoms with Crippen LogP contribution in [0.1, 0.15) is 40.0 Å².